The molecule has 2 aromatic carbocycles. The summed E-state index contributed by atoms with van der Waals surface area (Å²) in [6.45, 7) is 6.76. The van der Waals surface area contributed by atoms with E-state index >= 15 is 0 Å². The van der Waals surface area contributed by atoms with Gasteiger partial charge in [-0.25, -0.2) is 9.97 Å². The molecule has 6 rings (SSSR count). The van der Waals surface area contributed by atoms with Crippen LogP contribution in [-0.4, -0.2) is 29.8 Å². The molecule has 1 fully saturated rings. The summed E-state index contributed by atoms with van der Waals surface area (Å²) in [4.78, 5) is 24.1. The number of benzene rings is 2. The molecule has 1 aromatic heterocycles. The number of nitrogens with zero attached hydrogens (tertiary/aromatic N) is 2. The molecule has 2 atom stereocenters. The molecule has 1 amide bonds. The average Bonchev–Trinajstić information content (AvgIpc) is 3.35. The van der Waals surface area contributed by atoms with Crippen LogP contribution in [0.25, 0.3) is 11.0 Å². The number of carbonyl (C=O) groups is 1. The van der Waals surface area contributed by atoms with Gasteiger partial charge in [0.05, 0.1) is 34.9 Å². The number of hydrogen-bond donors (Lipinski definition) is 1. The topological polar surface area (TPSA) is 82.6 Å². The molecule has 3 aliphatic rings. The van der Waals surface area contributed by atoms with E-state index in [1.54, 1.807) is 7.11 Å². The fourth-order valence-electron chi connectivity index (χ4n) is 5.93. The molecule has 1 saturated carbocycles. The predicted octanol–water partition coefficient (Wildman–Crippen LogP) is 4.33. The van der Waals surface area contributed by atoms with Crippen LogP contribution in [-0.2, 0) is 15.6 Å². The lowest BCUT2D eigenvalue weighted by molar-refractivity contribution is -0.125. The zero-order chi connectivity index (χ0) is 22.3. The predicted molar refractivity (Wildman–Crippen MR) is 119 cm³/mol. The third-order valence-electron chi connectivity index (χ3n) is 8.25. The van der Waals surface area contributed by atoms with Crippen LogP contribution in [0.15, 0.2) is 36.4 Å². The van der Waals surface area contributed by atoms with E-state index in [1.807, 2.05) is 36.4 Å². The summed E-state index contributed by atoms with van der Waals surface area (Å²) >= 11 is 0. The van der Waals surface area contributed by atoms with Gasteiger partial charge in [0, 0.05) is 29.3 Å². The van der Waals surface area contributed by atoms with Crippen molar-refractivity contribution in [2.24, 2.45) is 5.41 Å². The van der Waals surface area contributed by atoms with Gasteiger partial charge in [-0.2, -0.15) is 0 Å². The summed E-state index contributed by atoms with van der Waals surface area (Å²) in [6.07, 6.45) is 1.60. The van der Waals surface area contributed by atoms with Crippen LogP contribution >= 0.6 is 0 Å². The first-order valence-electron chi connectivity index (χ1n) is 10.9. The number of aromatic nitrogens is 2. The summed E-state index contributed by atoms with van der Waals surface area (Å²) in [7, 11) is 1.62. The zero-order valence-corrected chi connectivity index (χ0v) is 18.6. The van der Waals surface area contributed by atoms with Gasteiger partial charge in [-0.3, -0.25) is 4.79 Å². The van der Waals surface area contributed by atoms with Gasteiger partial charge < -0.3 is 19.5 Å². The van der Waals surface area contributed by atoms with E-state index in [1.165, 1.54) is 0 Å². The van der Waals surface area contributed by atoms with E-state index in [9.17, 15) is 4.79 Å². The summed E-state index contributed by atoms with van der Waals surface area (Å²) in [6, 6.07) is 11.2. The number of rotatable bonds is 3. The SMILES string of the molecule is COc1cccc(NC(=O)C23CCC(C)(c4nc5cc6c(cc5nc42)OCO6)C3(C)C)c1. The van der Waals surface area contributed by atoms with Crippen LogP contribution in [0.1, 0.15) is 45.0 Å². The number of ether oxygens (including phenoxy) is 3. The first-order chi connectivity index (χ1) is 15.3. The Morgan fingerprint density at radius 3 is 2.38 bits per heavy atom. The number of amides is 1. The van der Waals surface area contributed by atoms with Gasteiger partial charge in [0.15, 0.2) is 11.5 Å². The van der Waals surface area contributed by atoms with Gasteiger partial charge >= 0.3 is 0 Å². The third kappa shape index (κ3) is 2.18. The Hall–Kier alpha value is -3.35. The average molecular weight is 431 g/mol. The fraction of sp³-hybridized carbons (Fsp3) is 0.400. The van der Waals surface area contributed by atoms with Crippen LogP contribution in [0, 0.1) is 5.41 Å². The van der Waals surface area contributed by atoms with Crippen molar-refractivity contribution in [1.29, 1.82) is 0 Å². The normalized spacial score (nSPS) is 26.2. The smallest absolute Gasteiger partial charge is 0.237 e. The summed E-state index contributed by atoms with van der Waals surface area (Å²) in [5.74, 6) is 2.00. The summed E-state index contributed by atoms with van der Waals surface area (Å²) < 4.78 is 16.4. The quantitative estimate of drug-likeness (QED) is 0.665. The van der Waals surface area contributed by atoms with Crippen molar-refractivity contribution in [3.63, 3.8) is 0 Å². The molecule has 0 spiro atoms. The van der Waals surface area contributed by atoms with Crippen molar-refractivity contribution in [2.75, 3.05) is 19.2 Å². The summed E-state index contributed by atoms with van der Waals surface area (Å²) in [5, 5.41) is 3.15. The maximum Gasteiger partial charge on any atom is 0.237 e. The molecule has 1 N–H and O–H groups in total. The van der Waals surface area contributed by atoms with Crippen molar-refractivity contribution in [1.82, 2.24) is 9.97 Å². The number of nitrogens with one attached hydrogen (secondary N) is 1. The molecule has 7 nitrogen and oxygen atoms in total. The van der Waals surface area contributed by atoms with E-state index in [-0.39, 0.29) is 23.5 Å². The second-order valence-corrected chi connectivity index (χ2v) is 9.66. The molecule has 164 valence electrons. The molecule has 7 heteroatoms. The lowest BCUT2D eigenvalue weighted by Crippen LogP contribution is -2.48. The van der Waals surface area contributed by atoms with Gasteiger partial charge in [-0.05, 0) is 30.4 Å². The minimum absolute atomic E-state index is 0.0485. The first-order valence-corrected chi connectivity index (χ1v) is 10.9. The van der Waals surface area contributed by atoms with Crippen LogP contribution in [0.2, 0.25) is 0 Å². The van der Waals surface area contributed by atoms with Crippen molar-refractivity contribution in [3.8, 4) is 17.2 Å². The molecule has 0 radical (unpaired) electrons. The van der Waals surface area contributed by atoms with E-state index in [4.69, 9.17) is 24.2 Å². The van der Waals surface area contributed by atoms with Crippen LogP contribution in [0.4, 0.5) is 5.69 Å². The Labute approximate surface area is 186 Å². The maximum absolute atomic E-state index is 14.0. The van der Waals surface area contributed by atoms with Gasteiger partial charge in [0.25, 0.3) is 0 Å². The van der Waals surface area contributed by atoms with Gasteiger partial charge in [0.1, 0.15) is 5.75 Å². The zero-order valence-electron chi connectivity index (χ0n) is 18.6. The standard InChI is InChI=1S/C25H25N3O4/c1-23(2)24(3)8-9-25(23,22(29)26-14-6-5-7-15(10-14)30-4)21-20(24)27-16-11-18-19(32-13-31-18)12-17(16)28-21/h5-7,10-12H,8-9,13H2,1-4H3,(H,26,29). The van der Waals surface area contributed by atoms with E-state index in [0.29, 0.717) is 28.5 Å². The van der Waals surface area contributed by atoms with Crippen molar-refractivity contribution in [2.45, 2.75) is 44.4 Å². The fourth-order valence-corrected chi connectivity index (χ4v) is 5.93. The van der Waals surface area contributed by atoms with Crippen LogP contribution in [0.5, 0.6) is 17.2 Å². The lowest BCUT2D eigenvalue weighted by Gasteiger charge is -2.39. The van der Waals surface area contributed by atoms with Gasteiger partial charge in [0.2, 0.25) is 12.7 Å². The molecule has 2 heterocycles. The Kier molecular flexibility index (Phi) is 3.70. The third-order valence-corrected chi connectivity index (χ3v) is 8.25. The highest BCUT2D eigenvalue weighted by Gasteiger charge is 2.73. The highest BCUT2D eigenvalue weighted by Crippen LogP contribution is 2.70. The van der Waals surface area contributed by atoms with Crippen molar-refractivity contribution >= 4 is 22.6 Å². The minimum Gasteiger partial charge on any atom is -0.497 e. The van der Waals surface area contributed by atoms with Gasteiger partial charge in [-0.15, -0.1) is 0 Å². The Balaban J connectivity index is 1.52. The molecular weight excluding hydrogens is 406 g/mol. The Bertz CT molecular complexity index is 1300. The van der Waals surface area contributed by atoms with Crippen molar-refractivity contribution in [3.05, 3.63) is 47.8 Å². The second kappa shape index (κ2) is 6.12. The molecule has 0 saturated heterocycles. The first kappa shape index (κ1) is 19.3. The molecule has 1 aliphatic heterocycles. The highest BCUT2D eigenvalue weighted by atomic mass is 16.7. The van der Waals surface area contributed by atoms with E-state index < -0.39 is 5.41 Å². The molecule has 2 unspecified atom stereocenters. The molecule has 2 aliphatic carbocycles. The van der Waals surface area contributed by atoms with Crippen LogP contribution in [0.3, 0.4) is 0 Å². The van der Waals surface area contributed by atoms with Crippen LogP contribution < -0.4 is 19.5 Å². The number of fused-ring (bicyclic) bond motifs is 7. The van der Waals surface area contributed by atoms with E-state index in [2.05, 4.69) is 26.1 Å². The van der Waals surface area contributed by atoms with Crippen molar-refractivity contribution < 1.29 is 19.0 Å². The minimum atomic E-state index is -0.780. The second-order valence-electron chi connectivity index (χ2n) is 9.66. The Morgan fingerprint density at radius 2 is 1.69 bits per heavy atom. The summed E-state index contributed by atoms with van der Waals surface area (Å²) in [5.41, 5.74) is 2.49. The lowest BCUT2D eigenvalue weighted by atomic mass is 9.63. The Morgan fingerprint density at radius 1 is 1.00 bits per heavy atom. The number of anilines is 1. The molecule has 2 bridgehead atoms. The highest BCUT2D eigenvalue weighted by molar-refractivity contribution is 6.02. The number of hydrogen-bond acceptors (Lipinski definition) is 6. The molecule has 3 aromatic rings. The molecular formula is C25H25N3O4. The number of methoxy groups -OCH3 is 1. The maximum atomic E-state index is 14.0. The largest absolute Gasteiger partial charge is 0.497 e. The number of carbonyl (C=O) groups excluding carboxylic acids is 1. The molecule has 32 heavy (non-hydrogen) atoms. The van der Waals surface area contributed by atoms with Gasteiger partial charge in [-0.1, -0.05) is 26.8 Å². The monoisotopic (exact) mass is 431 g/mol. The van der Waals surface area contributed by atoms with E-state index in [0.717, 1.165) is 29.7 Å².